The lowest BCUT2D eigenvalue weighted by molar-refractivity contribution is -0.119. The molecule has 1 aromatic heterocycles. The number of carbonyl (C=O) groups is 1. The highest BCUT2D eigenvalue weighted by Gasteiger charge is 2.18. The number of nitrogens with zero attached hydrogens (tertiary/aromatic N) is 3. The van der Waals surface area contributed by atoms with Crippen LogP contribution in [0.15, 0.2) is 23.4 Å². The average molecular weight is 459 g/mol. The van der Waals surface area contributed by atoms with Crippen molar-refractivity contribution < 1.29 is 4.79 Å². The normalized spacial score (nSPS) is 14.5. The minimum Gasteiger partial charge on any atom is -0.353 e. The van der Waals surface area contributed by atoms with E-state index in [2.05, 4.69) is 27.0 Å². The first-order valence-corrected chi connectivity index (χ1v) is 12.3. The van der Waals surface area contributed by atoms with E-state index >= 15 is 0 Å². The molecule has 1 heterocycles. The van der Waals surface area contributed by atoms with Crippen LogP contribution in [-0.2, 0) is 22.8 Å². The van der Waals surface area contributed by atoms with Crippen LogP contribution in [0.4, 0.5) is 0 Å². The standard InChI is InChI=1S/C19H24Cl2N4OS2/c1-2-25-17(11-27-10-13-7-8-14(20)9-16(13)21)23-24-19(25)28-12-18(26)22-15-5-3-4-6-15/h7-9,15H,2-6,10-12H2,1H3,(H,22,26). The number of rotatable bonds is 9. The maximum absolute atomic E-state index is 12.1. The van der Waals surface area contributed by atoms with Crippen LogP contribution in [0.1, 0.15) is 44.0 Å². The summed E-state index contributed by atoms with van der Waals surface area (Å²) < 4.78 is 2.07. The molecule has 1 fully saturated rings. The third kappa shape index (κ3) is 6.05. The second-order valence-electron chi connectivity index (χ2n) is 6.71. The van der Waals surface area contributed by atoms with Crippen LogP contribution in [-0.4, -0.2) is 32.5 Å². The highest BCUT2D eigenvalue weighted by atomic mass is 35.5. The highest BCUT2D eigenvalue weighted by molar-refractivity contribution is 7.99. The number of nitrogens with one attached hydrogen (secondary N) is 1. The fraction of sp³-hybridized carbons (Fsp3) is 0.526. The van der Waals surface area contributed by atoms with Gasteiger partial charge in [-0.05, 0) is 37.5 Å². The van der Waals surface area contributed by atoms with Gasteiger partial charge in [0.15, 0.2) is 5.16 Å². The van der Waals surface area contributed by atoms with E-state index in [0.29, 0.717) is 21.8 Å². The lowest BCUT2D eigenvalue weighted by Gasteiger charge is -2.11. The lowest BCUT2D eigenvalue weighted by atomic mass is 10.2. The summed E-state index contributed by atoms with van der Waals surface area (Å²) in [5.74, 6) is 2.88. The molecule has 9 heteroatoms. The largest absolute Gasteiger partial charge is 0.353 e. The van der Waals surface area contributed by atoms with E-state index < -0.39 is 0 Å². The van der Waals surface area contributed by atoms with E-state index in [-0.39, 0.29) is 5.91 Å². The number of hydrogen-bond acceptors (Lipinski definition) is 5. The average Bonchev–Trinajstić information content (AvgIpc) is 3.31. The Morgan fingerprint density at radius 1 is 1.25 bits per heavy atom. The van der Waals surface area contributed by atoms with Crippen LogP contribution in [0.2, 0.25) is 10.0 Å². The summed E-state index contributed by atoms with van der Waals surface area (Å²) in [5.41, 5.74) is 1.05. The van der Waals surface area contributed by atoms with Crippen molar-refractivity contribution in [2.75, 3.05) is 5.75 Å². The number of amides is 1. The van der Waals surface area contributed by atoms with Gasteiger partial charge in [0, 0.05) is 28.4 Å². The zero-order valence-electron chi connectivity index (χ0n) is 15.8. The Morgan fingerprint density at radius 2 is 2.04 bits per heavy atom. The molecule has 2 aromatic rings. The first kappa shape index (κ1) is 21.8. The van der Waals surface area contributed by atoms with Crippen molar-refractivity contribution in [2.45, 2.75) is 61.9 Å². The molecule has 0 bridgehead atoms. The van der Waals surface area contributed by atoms with Gasteiger partial charge in [0.05, 0.1) is 11.5 Å². The van der Waals surface area contributed by atoms with E-state index in [4.69, 9.17) is 23.2 Å². The molecule has 0 aliphatic heterocycles. The number of carbonyl (C=O) groups excluding carboxylic acids is 1. The molecule has 3 rings (SSSR count). The molecular weight excluding hydrogens is 435 g/mol. The molecule has 28 heavy (non-hydrogen) atoms. The fourth-order valence-corrected chi connectivity index (χ4v) is 5.57. The molecule has 1 amide bonds. The van der Waals surface area contributed by atoms with Gasteiger partial charge in [0.2, 0.25) is 5.91 Å². The monoisotopic (exact) mass is 458 g/mol. The van der Waals surface area contributed by atoms with Crippen LogP contribution in [0.5, 0.6) is 0 Å². The van der Waals surface area contributed by atoms with Crippen molar-refractivity contribution >= 4 is 52.6 Å². The molecule has 1 saturated carbocycles. The summed E-state index contributed by atoms with van der Waals surface area (Å²) >= 11 is 15.4. The van der Waals surface area contributed by atoms with E-state index in [1.165, 1.54) is 24.6 Å². The summed E-state index contributed by atoms with van der Waals surface area (Å²) in [6.45, 7) is 2.84. The SMILES string of the molecule is CCn1c(CSCc2ccc(Cl)cc2Cl)nnc1SCC(=O)NC1CCCC1. The second-order valence-corrected chi connectivity index (χ2v) is 9.48. The van der Waals surface area contributed by atoms with E-state index in [1.807, 2.05) is 12.1 Å². The predicted octanol–water partition coefficient (Wildman–Crippen LogP) is 5.19. The minimum atomic E-state index is 0.0795. The zero-order chi connectivity index (χ0) is 19.9. The van der Waals surface area contributed by atoms with Crippen molar-refractivity contribution in [3.8, 4) is 0 Å². The van der Waals surface area contributed by atoms with E-state index in [9.17, 15) is 4.79 Å². The summed E-state index contributed by atoms with van der Waals surface area (Å²) in [6, 6.07) is 5.91. The summed E-state index contributed by atoms with van der Waals surface area (Å²) in [6.07, 6.45) is 4.62. The molecule has 0 radical (unpaired) electrons. The second kappa shape index (κ2) is 10.8. The van der Waals surface area contributed by atoms with E-state index in [1.54, 1.807) is 17.8 Å². The van der Waals surface area contributed by atoms with Gasteiger partial charge in [-0.25, -0.2) is 0 Å². The molecule has 0 unspecified atom stereocenters. The molecule has 1 aliphatic rings. The Kier molecular flexibility index (Phi) is 8.38. The van der Waals surface area contributed by atoms with Gasteiger partial charge in [-0.2, -0.15) is 0 Å². The van der Waals surface area contributed by atoms with Crippen LogP contribution < -0.4 is 5.32 Å². The maximum atomic E-state index is 12.1. The Morgan fingerprint density at radius 3 is 2.75 bits per heavy atom. The van der Waals surface area contributed by atoms with Crippen molar-refractivity contribution in [3.63, 3.8) is 0 Å². The van der Waals surface area contributed by atoms with Crippen molar-refractivity contribution in [1.29, 1.82) is 0 Å². The Balaban J connectivity index is 1.50. The molecule has 0 atom stereocenters. The fourth-order valence-electron chi connectivity index (χ4n) is 3.21. The molecule has 5 nitrogen and oxygen atoms in total. The van der Waals surface area contributed by atoms with Crippen LogP contribution in [0, 0.1) is 0 Å². The quantitative estimate of drug-likeness (QED) is 0.523. The molecular formula is C19H24Cl2N4OS2. The molecule has 1 aliphatic carbocycles. The van der Waals surface area contributed by atoms with Gasteiger partial charge >= 0.3 is 0 Å². The first-order valence-electron chi connectivity index (χ1n) is 9.42. The van der Waals surface area contributed by atoms with Crippen molar-refractivity contribution in [3.05, 3.63) is 39.6 Å². The van der Waals surface area contributed by atoms with E-state index in [0.717, 1.165) is 47.4 Å². The van der Waals surface area contributed by atoms with Gasteiger partial charge in [-0.1, -0.05) is 53.9 Å². The zero-order valence-corrected chi connectivity index (χ0v) is 18.9. The molecule has 1 N–H and O–H groups in total. The van der Waals surface area contributed by atoms with Crippen LogP contribution in [0.3, 0.4) is 0 Å². The topological polar surface area (TPSA) is 59.8 Å². The van der Waals surface area contributed by atoms with Crippen LogP contribution >= 0.6 is 46.7 Å². The summed E-state index contributed by atoms with van der Waals surface area (Å²) in [7, 11) is 0. The first-order chi connectivity index (χ1) is 13.6. The Labute approximate surface area is 184 Å². The number of benzene rings is 1. The molecule has 0 saturated heterocycles. The smallest absolute Gasteiger partial charge is 0.230 e. The van der Waals surface area contributed by atoms with Crippen LogP contribution in [0.25, 0.3) is 0 Å². The highest BCUT2D eigenvalue weighted by Crippen LogP contribution is 2.27. The van der Waals surface area contributed by atoms with Gasteiger partial charge in [0.1, 0.15) is 5.82 Å². The Bertz CT molecular complexity index is 809. The maximum Gasteiger partial charge on any atom is 0.230 e. The van der Waals surface area contributed by atoms with Gasteiger partial charge < -0.3 is 9.88 Å². The molecule has 0 spiro atoms. The third-order valence-electron chi connectivity index (χ3n) is 4.67. The summed E-state index contributed by atoms with van der Waals surface area (Å²) in [4.78, 5) is 12.1. The van der Waals surface area contributed by atoms with Gasteiger partial charge in [0.25, 0.3) is 0 Å². The van der Waals surface area contributed by atoms with Crippen molar-refractivity contribution in [2.24, 2.45) is 0 Å². The Hall–Kier alpha value is -0.890. The lowest BCUT2D eigenvalue weighted by Crippen LogP contribution is -2.33. The number of hydrogen-bond donors (Lipinski definition) is 1. The third-order valence-corrected chi connectivity index (χ3v) is 7.20. The molecule has 1 aromatic carbocycles. The minimum absolute atomic E-state index is 0.0795. The van der Waals surface area contributed by atoms with Gasteiger partial charge in [-0.15, -0.1) is 22.0 Å². The predicted molar refractivity (Wildman–Crippen MR) is 118 cm³/mol. The molecule has 152 valence electrons. The number of halogens is 2. The number of thioether (sulfide) groups is 2. The van der Waals surface area contributed by atoms with Crippen molar-refractivity contribution in [1.82, 2.24) is 20.1 Å². The van der Waals surface area contributed by atoms with Gasteiger partial charge in [-0.3, -0.25) is 4.79 Å². The number of aromatic nitrogens is 3. The summed E-state index contributed by atoms with van der Waals surface area (Å²) in [5, 5.41) is 13.8.